The van der Waals surface area contributed by atoms with Gasteiger partial charge < -0.3 is 13.9 Å². The minimum Gasteiger partial charge on any atom is -0.506 e. The number of para-hydroxylation sites is 2. The van der Waals surface area contributed by atoms with Crippen molar-refractivity contribution in [3.63, 3.8) is 0 Å². The van der Waals surface area contributed by atoms with Gasteiger partial charge in [0.15, 0.2) is 11.3 Å². The quantitative estimate of drug-likeness (QED) is 0.453. The minimum absolute atomic E-state index is 0.0240. The Bertz CT molecular complexity index is 1080. The summed E-state index contributed by atoms with van der Waals surface area (Å²) >= 11 is 0. The summed E-state index contributed by atoms with van der Waals surface area (Å²) in [6, 6.07) is 15.1. The monoisotopic (exact) mass is 306 g/mol. The number of ketones is 1. The molecule has 2 aromatic carbocycles. The van der Waals surface area contributed by atoms with E-state index in [4.69, 9.17) is 8.83 Å². The maximum atomic E-state index is 12.6. The Morgan fingerprint density at radius 3 is 2.39 bits per heavy atom. The summed E-state index contributed by atoms with van der Waals surface area (Å²) in [6.07, 6.45) is 0. The molecule has 0 amide bonds. The van der Waals surface area contributed by atoms with Gasteiger partial charge in [-0.3, -0.25) is 4.79 Å². The molecule has 0 radical (unpaired) electrons. The van der Waals surface area contributed by atoms with Crippen molar-refractivity contribution in [2.45, 2.75) is 0 Å². The Kier molecular flexibility index (Phi) is 2.81. The Balaban J connectivity index is 1.94. The van der Waals surface area contributed by atoms with E-state index in [0.29, 0.717) is 11.0 Å². The van der Waals surface area contributed by atoms with Crippen LogP contribution in [0.4, 0.5) is 0 Å². The molecule has 2 aromatic heterocycles. The van der Waals surface area contributed by atoms with Gasteiger partial charge in [-0.2, -0.15) is 0 Å². The molecule has 5 heteroatoms. The fourth-order valence-corrected chi connectivity index (χ4v) is 2.55. The van der Waals surface area contributed by atoms with Crippen LogP contribution in [-0.4, -0.2) is 10.9 Å². The molecule has 0 aliphatic rings. The molecule has 0 bridgehead atoms. The van der Waals surface area contributed by atoms with Crippen LogP contribution in [0.1, 0.15) is 16.1 Å². The van der Waals surface area contributed by atoms with Crippen LogP contribution in [0.15, 0.2) is 68.2 Å². The van der Waals surface area contributed by atoms with Crippen LogP contribution in [0.25, 0.3) is 21.9 Å². The van der Waals surface area contributed by atoms with Gasteiger partial charge in [0.25, 0.3) is 0 Å². The summed E-state index contributed by atoms with van der Waals surface area (Å²) in [5.41, 5.74) is -0.578. The highest BCUT2D eigenvalue weighted by Crippen LogP contribution is 2.29. The predicted molar refractivity (Wildman–Crippen MR) is 83.8 cm³/mol. The van der Waals surface area contributed by atoms with Crippen molar-refractivity contribution in [2.24, 2.45) is 0 Å². The van der Waals surface area contributed by atoms with E-state index in [9.17, 15) is 14.7 Å². The van der Waals surface area contributed by atoms with Crippen LogP contribution in [0.5, 0.6) is 5.75 Å². The van der Waals surface area contributed by atoms with Crippen molar-refractivity contribution in [3.05, 3.63) is 76.3 Å². The lowest BCUT2D eigenvalue weighted by Gasteiger charge is -2.03. The molecule has 0 atom stereocenters. The molecule has 5 nitrogen and oxygen atoms in total. The van der Waals surface area contributed by atoms with Crippen LogP contribution in [0.2, 0.25) is 0 Å². The van der Waals surface area contributed by atoms with Gasteiger partial charge in [0, 0.05) is 5.39 Å². The van der Waals surface area contributed by atoms with E-state index in [1.165, 1.54) is 6.07 Å². The molecule has 4 rings (SSSR count). The zero-order valence-corrected chi connectivity index (χ0v) is 11.8. The highest BCUT2D eigenvalue weighted by atomic mass is 16.4. The van der Waals surface area contributed by atoms with E-state index in [2.05, 4.69) is 0 Å². The fourth-order valence-electron chi connectivity index (χ4n) is 2.55. The second-order valence-corrected chi connectivity index (χ2v) is 5.09. The van der Waals surface area contributed by atoms with Gasteiger partial charge in [-0.05, 0) is 24.3 Å². The van der Waals surface area contributed by atoms with Crippen LogP contribution < -0.4 is 5.63 Å². The van der Waals surface area contributed by atoms with Gasteiger partial charge >= 0.3 is 5.63 Å². The first-order valence-electron chi connectivity index (χ1n) is 6.93. The molecule has 0 fully saturated rings. The van der Waals surface area contributed by atoms with Crippen molar-refractivity contribution in [1.29, 1.82) is 0 Å². The van der Waals surface area contributed by atoms with Gasteiger partial charge in [0.1, 0.15) is 16.9 Å². The second kappa shape index (κ2) is 4.84. The summed E-state index contributed by atoms with van der Waals surface area (Å²) in [4.78, 5) is 24.7. The van der Waals surface area contributed by atoms with E-state index >= 15 is 0 Å². The third kappa shape index (κ3) is 2.02. The number of rotatable bonds is 2. The first-order valence-corrected chi connectivity index (χ1v) is 6.93. The summed E-state index contributed by atoms with van der Waals surface area (Å²) in [5.74, 6) is -1.13. The van der Waals surface area contributed by atoms with E-state index < -0.39 is 22.7 Å². The van der Waals surface area contributed by atoms with E-state index in [1.54, 1.807) is 42.5 Å². The zero-order chi connectivity index (χ0) is 16.0. The largest absolute Gasteiger partial charge is 0.506 e. The Morgan fingerprint density at radius 2 is 1.61 bits per heavy atom. The Morgan fingerprint density at radius 1 is 0.913 bits per heavy atom. The van der Waals surface area contributed by atoms with Crippen molar-refractivity contribution in [1.82, 2.24) is 0 Å². The fraction of sp³-hybridized carbons (Fsp3) is 0. The molecule has 4 aromatic rings. The average Bonchev–Trinajstić information content (AvgIpc) is 2.99. The van der Waals surface area contributed by atoms with Crippen LogP contribution in [0.3, 0.4) is 0 Å². The molecule has 1 N–H and O–H groups in total. The summed E-state index contributed by atoms with van der Waals surface area (Å²) in [6.45, 7) is 0. The molecular formula is C18H10O5. The number of furan rings is 1. The number of carbonyl (C=O) groups is 1. The molecule has 0 spiro atoms. The molecule has 2 heterocycles. The van der Waals surface area contributed by atoms with Crippen molar-refractivity contribution >= 4 is 27.7 Å². The van der Waals surface area contributed by atoms with Gasteiger partial charge in [-0.15, -0.1) is 0 Å². The summed E-state index contributed by atoms with van der Waals surface area (Å²) in [5, 5.41) is 11.3. The molecule has 112 valence electrons. The second-order valence-electron chi connectivity index (χ2n) is 5.09. The van der Waals surface area contributed by atoms with Gasteiger partial charge in [0.2, 0.25) is 5.78 Å². The van der Waals surface area contributed by atoms with Gasteiger partial charge in [-0.25, -0.2) is 4.79 Å². The number of fused-ring (bicyclic) bond motifs is 2. The Labute approximate surface area is 129 Å². The minimum atomic E-state index is -0.897. The lowest BCUT2D eigenvalue weighted by atomic mass is 10.1. The van der Waals surface area contributed by atoms with Gasteiger partial charge in [0.05, 0.1) is 5.39 Å². The SMILES string of the molecule is O=C(c1cc2ccccc2o1)c1c(O)c2ccccc2oc1=O. The number of hydrogen-bond acceptors (Lipinski definition) is 5. The predicted octanol–water partition coefficient (Wildman–Crippen LogP) is 3.48. The molecule has 23 heavy (non-hydrogen) atoms. The third-order valence-electron chi connectivity index (χ3n) is 3.66. The molecular weight excluding hydrogens is 296 g/mol. The molecule has 0 aliphatic carbocycles. The average molecular weight is 306 g/mol. The van der Waals surface area contributed by atoms with Crippen LogP contribution in [0, 0.1) is 0 Å². The number of benzene rings is 2. The topological polar surface area (TPSA) is 80.7 Å². The maximum Gasteiger partial charge on any atom is 0.351 e. The van der Waals surface area contributed by atoms with Crippen molar-refractivity contribution in [3.8, 4) is 5.75 Å². The van der Waals surface area contributed by atoms with E-state index in [0.717, 1.165) is 5.39 Å². The maximum absolute atomic E-state index is 12.6. The first kappa shape index (κ1) is 13.3. The van der Waals surface area contributed by atoms with Crippen LogP contribution in [-0.2, 0) is 0 Å². The molecule has 0 saturated carbocycles. The highest BCUT2D eigenvalue weighted by molar-refractivity contribution is 6.12. The number of carbonyl (C=O) groups excluding carboxylic acids is 1. The Hall–Kier alpha value is -3.34. The smallest absolute Gasteiger partial charge is 0.351 e. The third-order valence-corrected chi connectivity index (χ3v) is 3.66. The number of aromatic hydroxyl groups is 1. The molecule has 0 saturated heterocycles. The zero-order valence-electron chi connectivity index (χ0n) is 11.8. The molecule has 0 aliphatic heterocycles. The van der Waals surface area contributed by atoms with E-state index in [1.807, 2.05) is 6.07 Å². The summed E-state index contributed by atoms with van der Waals surface area (Å²) < 4.78 is 10.6. The standard InChI is InChI=1S/C18H10O5/c19-16-11-6-2-4-8-13(11)23-18(21)15(16)17(20)14-9-10-5-1-3-7-12(10)22-14/h1-9,19H. The van der Waals surface area contributed by atoms with Crippen LogP contribution >= 0.6 is 0 Å². The van der Waals surface area contributed by atoms with Gasteiger partial charge in [-0.1, -0.05) is 30.3 Å². The van der Waals surface area contributed by atoms with Crippen molar-refractivity contribution in [2.75, 3.05) is 0 Å². The van der Waals surface area contributed by atoms with Crippen molar-refractivity contribution < 1.29 is 18.7 Å². The highest BCUT2D eigenvalue weighted by Gasteiger charge is 2.24. The first-order chi connectivity index (χ1) is 11.1. The van der Waals surface area contributed by atoms with E-state index in [-0.39, 0.29) is 11.3 Å². The lowest BCUT2D eigenvalue weighted by molar-refractivity contribution is 0.100. The summed E-state index contributed by atoms with van der Waals surface area (Å²) in [7, 11) is 0. The normalized spacial score (nSPS) is 11.1. The molecule has 0 unspecified atom stereocenters. The lowest BCUT2D eigenvalue weighted by Crippen LogP contribution is -2.14. The number of hydrogen-bond donors (Lipinski definition) is 1.